The summed E-state index contributed by atoms with van der Waals surface area (Å²) in [5.41, 5.74) is -1.34. The van der Waals surface area contributed by atoms with E-state index in [0.717, 1.165) is 0 Å². The molecule has 0 radical (unpaired) electrons. The van der Waals surface area contributed by atoms with Gasteiger partial charge < -0.3 is 0 Å². The molecular weight excluding hydrogens is 294 g/mol. The molecule has 0 fully saturated rings. The Bertz CT molecular complexity index is 587. The van der Waals surface area contributed by atoms with Crippen molar-refractivity contribution in [2.75, 3.05) is 0 Å². The molecule has 0 saturated heterocycles. The van der Waals surface area contributed by atoms with Crippen molar-refractivity contribution in [3.63, 3.8) is 0 Å². The minimum atomic E-state index is -1.00. The van der Waals surface area contributed by atoms with Crippen molar-refractivity contribution in [1.82, 2.24) is 0 Å². The summed E-state index contributed by atoms with van der Waals surface area (Å²) in [5, 5.41) is 38.9. The van der Waals surface area contributed by atoms with Gasteiger partial charge in [0.05, 0.1) is 10.6 Å². The summed E-state index contributed by atoms with van der Waals surface area (Å²) in [6.45, 7) is 5.30. The number of nitrogens with one attached hydrogen (secondary N) is 1. The molecule has 0 aromatic rings. The number of rotatable bonds is 4. The Morgan fingerprint density at radius 2 is 1.86 bits per heavy atom. The van der Waals surface area contributed by atoms with Crippen molar-refractivity contribution in [1.29, 1.82) is 5.41 Å². The average Bonchev–Trinajstić information content (AvgIpc) is 2.47. The predicted molar refractivity (Wildman–Crippen MR) is 74.9 cm³/mol. The van der Waals surface area contributed by atoms with E-state index in [1.165, 1.54) is 0 Å². The number of aliphatic imine (C=N–C) groups is 2. The Balaban J connectivity index is 2.54. The van der Waals surface area contributed by atoms with E-state index in [1.54, 1.807) is 13.8 Å². The third kappa shape index (κ3) is 2.72. The lowest BCUT2D eigenvalue weighted by molar-refractivity contribution is -0.253. The second-order valence-electron chi connectivity index (χ2n) is 5.63. The maximum atomic E-state index is 8.45. The van der Waals surface area contributed by atoms with E-state index in [9.17, 15) is 0 Å². The first-order chi connectivity index (χ1) is 10.4. The van der Waals surface area contributed by atoms with Gasteiger partial charge in [0, 0.05) is 18.1 Å². The van der Waals surface area contributed by atoms with Gasteiger partial charge in [-0.1, -0.05) is 6.92 Å². The van der Waals surface area contributed by atoms with E-state index in [-0.39, 0.29) is 18.2 Å². The predicted octanol–water partition coefficient (Wildman–Crippen LogP) is 2.48. The molecule has 11 nitrogen and oxygen atoms in total. The zero-order chi connectivity index (χ0) is 16.4. The van der Waals surface area contributed by atoms with Crippen LogP contribution >= 0.6 is 0 Å². The number of hydrogen-bond acceptors (Lipinski definition) is 10. The van der Waals surface area contributed by atoms with Crippen molar-refractivity contribution < 1.29 is 20.5 Å². The van der Waals surface area contributed by atoms with Gasteiger partial charge in [0.1, 0.15) is 16.9 Å². The zero-order valence-corrected chi connectivity index (χ0v) is 12.4. The summed E-state index contributed by atoms with van der Waals surface area (Å²) in [7, 11) is 0. The molecule has 0 aromatic carbocycles. The first kappa shape index (κ1) is 16.1. The highest BCUT2D eigenvalue weighted by atomic mass is 17.2. The maximum absolute atomic E-state index is 8.45. The van der Waals surface area contributed by atoms with E-state index >= 15 is 0 Å². The first-order valence-corrected chi connectivity index (χ1v) is 6.56. The van der Waals surface area contributed by atoms with E-state index in [2.05, 4.69) is 40.7 Å². The molecule has 2 heterocycles. The van der Waals surface area contributed by atoms with Crippen LogP contribution in [0.1, 0.15) is 33.6 Å². The Hall–Kier alpha value is -2.27. The fourth-order valence-electron chi connectivity index (χ4n) is 2.71. The number of hydrogen-bond donors (Lipinski definition) is 3. The van der Waals surface area contributed by atoms with Gasteiger partial charge in [0.15, 0.2) is 5.84 Å². The fourth-order valence-corrected chi connectivity index (χ4v) is 2.71. The van der Waals surface area contributed by atoms with E-state index in [4.69, 9.17) is 15.9 Å². The normalized spacial score (nSPS) is 35.3. The summed E-state index contributed by atoms with van der Waals surface area (Å²) >= 11 is 0. The lowest BCUT2D eigenvalue weighted by Gasteiger charge is -2.41. The first-order valence-electron chi connectivity index (χ1n) is 6.56. The molecule has 2 aliphatic heterocycles. The zero-order valence-electron chi connectivity index (χ0n) is 12.4. The van der Waals surface area contributed by atoms with E-state index in [1.807, 2.05) is 6.92 Å². The molecule has 0 bridgehead atoms. The SMILES string of the molecule is CC1=NC2=NC(=N)C(C)CC2(/N=N/OO)CC1(C)/N=N/OO. The summed E-state index contributed by atoms with van der Waals surface area (Å²) in [4.78, 5) is 15.9. The molecule has 0 amide bonds. The molecule has 0 aliphatic carbocycles. The molecule has 11 heteroatoms. The van der Waals surface area contributed by atoms with Gasteiger partial charge in [-0.25, -0.2) is 20.0 Å². The Morgan fingerprint density at radius 3 is 2.50 bits per heavy atom. The maximum Gasteiger partial charge on any atom is 0.160 e. The van der Waals surface area contributed by atoms with Crippen LogP contribution in [0.5, 0.6) is 0 Å². The minimum absolute atomic E-state index is 0.176. The Morgan fingerprint density at radius 1 is 1.23 bits per heavy atom. The van der Waals surface area contributed by atoms with Crippen LogP contribution in [0.25, 0.3) is 0 Å². The minimum Gasteiger partial charge on any atom is -0.286 e. The Kier molecular flexibility index (Phi) is 4.28. The topological polar surface area (TPSA) is 157 Å². The van der Waals surface area contributed by atoms with Gasteiger partial charge in [-0.05, 0) is 20.3 Å². The van der Waals surface area contributed by atoms with Crippen LogP contribution in [0.15, 0.2) is 30.8 Å². The van der Waals surface area contributed by atoms with Crippen LogP contribution < -0.4 is 0 Å². The molecule has 2 rings (SSSR count). The lowest BCUT2D eigenvalue weighted by Crippen LogP contribution is -2.53. The second kappa shape index (κ2) is 5.85. The average molecular weight is 311 g/mol. The molecule has 0 spiro atoms. The molecule has 0 saturated carbocycles. The summed E-state index contributed by atoms with van der Waals surface area (Å²) < 4.78 is 0. The smallest absolute Gasteiger partial charge is 0.160 e. The standard InChI is InChI=1S/C11H17N7O4/c1-6-4-11(16-18-22-20)5-10(3,15-17-21-19)7(2)13-9(11)14-8(6)12/h6,12,19-20H,4-5H2,1-3H3/b12-8?,17-15+,18-16+. The third-order valence-electron chi connectivity index (χ3n) is 4.01. The van der Waals surface area contributed by atoms with Crippen molar-refractivity contribution >= 4 is 17.4 Å². The van der Waals surface area contributed by atoms with E-state index in [0.29, 0.717) is 18.0 Å². The Labute approximate surface area is 125 Å². The number of amidine groups is 2. The largest absolute Gasteiger partial charge is 0.286 e. The molecule has 22 heavy (non-hydrogen) atoms. The molecule has 120 valence electrons. The molecule has 3 atom stereocenters. The lowest BCUT2D eigenvalue weighted by atomic mass is 9.72. The van der Waals surface area contributed by atoms with Crippen LogP contribution in [0.3, 0.4) is 0 Å². The van der Waals surface area contributed by atoms with Crippen molar-refractivity contribution in [3.05, 3.63) is 0 Å². The van der Waals surface area contributed by atoms with Gasteiger partial charge in [0.25, 0.3) is 0 Å². The molecular formula is C11H17N7O4. The molecule has 3 N–H and O–H groups in total. The highest BCUT2D eigenvalue weighted by Crippen LogP contribution is 2.41. The highest BCUT2D eigenvalue weighted by molar-refractivity contribution is 6.13. The second-order valence-corrected chi connectivity index (χ2v) is 5.63. The molecule has 2 aliphatic rings. The number of nitrogens with zero attached hydrogens (tertiary/aromatic N) is 6. The van der Waals surface area contributed by atoms with Crippen LogP contribution in [0.4, 0.5) is 0 Å². The summed E-state index contributed by atoms with van der Waals surface area (Å²) in [6.07, 6.45) is 0.672. The van der Waals surface area contributed by atoms with Crippen molar-refractivity contribution in [3.8, 4) is 0 Å². The van der Waals surface area contributed by atoms with Crippen LogP contribution in [-0.4, -0.2) is 39.0 Å². The summed E-state index contributed by atoms with van der Waals surface area (Å²) in [5.74, 6) is 0.336. The van der Waals surface area contributed by atoms with Gasteiger partial charge in [0.2, 0.25) is 0 Å². The fraction of sp³-hybridized carbons (Fsp3) is 0.727. The van der Waals surface area contributed by atoms with Crippen LogP contribution in [0, 0.1) is 11.3 Å². The van der Waals surface area contributed by atoms with Crippen molar-refractivity contribution in [2.24, 2.45) is 36.7 Å². The van der Waals surface area contributed by atoms with Crippen LogP contribution in [0.2, 0.25) is 0 Å². The number of fused-ring (bicyclic) bond motifs is 1. The van der Waals surface area contributed by atoms with Gasteiger partial charge in [-0.3, -0.25) is 5.41 Å². The molecule has 0 aromatic heterocycles. The van der Waals surface area contributed by atoms with Gasteiger partial charge in [-0.15, -0.1) is 10.2 Å². The van der Waals surface area contributed by atoms with Crippen molar-refractivity contribution in [2.45, 2.75) is 44.7 Å². The van der Waals surface area contributed by atoms with Gasteiger partial charge >= 0.3 is 0 Å². The van der Waals surface area contributed by atoms with E-state index < -0.39 is 11.1 Å². The summed E-state index contributed by atoms with van der Waals surface area (Å²) in [6, 6.07) is 0. The van der Waals surface area contributed by atoms with Gasteiger partial charge in [-0.2, -0.15) is 10.5 Å². The monoisotopic (exact) mass is 311 g/mol. The quantitative estimate of drug-likeness (QED) is 0.414. The molecule has 3 unspecified atom stereocenters. The third-order valence-corrected chi connectivity index (χ3v) is 4.01. The van der Waals surface area contributed by atoms with Crippen LogP contribution in [-0.2, 0) is 9.98 Å². The highest BCUT2D eigenvalue weighted by Gasteiger charge is 2.52.